The fraction of sp³-hybridized carbons (Fsp3) is 0.265. The molecule has 0 unspecified atom stereocenters. The fourth-order valence-electron chi connectivity index (χ4n) is 4.12. The number of anilines is 2. The highest BCUT2D eigenvalue weighted by Crippen LogP contribution is 2.21. The smallest absolute Gasteiger partial charge is 0.327 e. The van der Waals surface area contributed by atoms with E-state index in [0.717, 1.165) is 45.0 Å². The molecule has 0 aliphatic carbocycles. The number of nitrogens with zero attached hydrogens (tertiary/aromatic N) is 2. The Kier molecular flexibility index (Phi) is 16.9. The van der Waals surface area contributed by atoms with Gasteiger partial charge < -0.3 is 19.7 Å². The maximum absolute atomic E-state index is 12.6. The van der Waals surface area contributed by atoms with E-state index in [1.807, 2.05) is 24.4 Å². The molecule has 2 aromatic rings. The first-order valence-electron chi connectivity index (χ1n) is 14.5. The second-order valence-corrected chi connectivity index (χ2v) is 9.57. The number of piperidine rings is 1. The van der Waals surface area contributed by atoms with Crippen molar-refractivity contribution < 1.29 is 38.9 Å². The highest BCUT2D eigenvalue weighted by atomic mass is 17.7. The zero-order valence-corrected chi connectivity index (χ0v) is 25.7. The van der Waals surface area contributed by atoms with Crippen molar-refractivity contribution in [1.29, 1.82) is 5.26 Å². The number of likely N-dealkylation sites (tertiary alicyclic amines) is 1. The van der Waals surface area contributed by atoms with Gasteiger partial charge in [0.15, 0.2) is 12.5 Å². The lowest BCUT2D eigenvalue weighted by atomic mass is 10.0. The molecule has 14 nitrogen and oxygen atoms in total. The number of carbonyl (C=O) groups is 2. The van der Waals surface area contributed by atoms with Crippen molar-refractivity contribution >= 4 is 23.2 Å². The Balaban J connectivity index is 1.32. The summed E-state index contributed by atoms with van der Waals surface area (Å²) in [6.45, 7) is 2.55. The zero-order chi connectivity index (χ0) is 34.1. The third-order valence-corrected chi connectivity index (χ3v) is 6.29. The van der Waals surface area contributed by atoms with Gasteiger partial charge >= 0.3 is 11.8 Å². The van der Waals surface area contributed by atoms with Crippen LogP contribution in [0.1, 0.15) is 24.0 Å². The van der Waals surface area contributed by atoms with Gasteiger partial charge in [-0.05, 0) is 59.4 Å². The van der Waals surface area contributed by atoms with Crippen LogP contribution in [0.25, 0.3) is 0 Å². The number of ether oxygens (including phenoxy) is 2. The van der Waals surface area contributed by atoms with E-state index in [1.54, 1.807) is 18.2 Å². The summed E-state index contributed by atoms with van der Waals surface area (Å²) in [6.07, 6.45) is 12.5. The van der Waals surface area contributed by atoms with Crippen LogP contribution in [0.2, 0.25) is 0 Å². The lowest BCUT2D eigenvalue weighted by Gasteiger charge is -2.32. The number of benzene rings is 2. The standard InChI is InChI=1S/C34H32N6O8/c1-2-3-4-5-6-10-19-43-20-22-45-47-48-46-23-21-44-26-29-24-31(36-27-35)13-14-32(29)38-39-34(42)33(41)37-30-15-17-40(18-16-30)25-28-11-8-7-9-12-28/h1,7-9,11-14,20,22,24,30,36,38H,15-18,21,23,25-26H2,(H,37,41)(H,39,42)/b22-20+. The molecule has 1 saturated heterocycles. The number of nitriles is 1. The quantitative estimate of drug-likeness (QED) is 0.0306. The zero-order valence-electron chi connectivity index (χ0n) is 25.7. The Morgan fingerprint density at radius 2 is 1.75 bits per heavy atom. The summed E-state index contributed by atoms with van der Waals surface area (Å²) in [5, 5.41) is 23.0. The molecule has 0 atom stereocenters. The predicted molar refractivity (Wildman–Crippen MR) is 172 cm³/mol. The van der Waals surface area contributed by atoms with Crippen LogP contribution in [0.3, 0.4) is 0 Å². The summed E-state index contributed by atoms with van der Waals surface area (Å²) in [7, 11) is 0. The number of amides is 2. The van der Waals surface area contributed by atoms with Crippen molar-refractivity contribution in [2.45, 2.75) is 32.0 Å². The highest BCUT2D eigenvalue weighted by Gasteiger charge is 2.23. The van der Waals surface area contributed by atoms with E-state index in [4.69, 9.17) is 26.0 Å². The highest BCUT2D eigenvalue weighted by molar-refractivity contribution is 6.35. The molecule has 48 heavy (non-hydrogen) atoms. The van der Waals surface area contributed by atoms with Crippen LogP contribution in [0.15, 0.2) is 61.1 Å². The van der Waals surface area contributed by atoms with Gasteiger partial charge in [-0.2, -0.15) is 5.26 Å². The molecule has 2 amide bonds. The molecule has 0 radical (unpaired) electrons. The summed E-state index contributed by atoms with van der Waals surface area (Å²) in [6, 6.07) is 15.0. The van der Waals surface area contributed by atoms with E-state index in [9.17, 15) is 9.59 Å². The number of carbonyl (C=O) groups excluding carboxylic acids is 2. The second-order valence-electron chi connectivity index (χ2n) is 9.57. The molecule has 1 heterocycles. The molecule has 4 N–H and O–H groups in total. The summed E-state index contributed by atoms with van der Waals surface area (Å²) >= 11 is 0. The monoisotopic (exact) mass is 652 g/mol. The van der Waals surface area contributed by atoms with Crippen molar-refractivity contribution in [1.82, 2.24) is 15.6 Å². The molecule has 1 fully saturated rings. The first kappa shape index (κ1) is 36.3. The summed E-state index contributed by atoms with van der Waals surface area (Å²) in [5.74, 6) is 12.4. The first-order chi connectivity index (χ1) is 23.6. The third kappa shape index (κ3) is 14.8. The first-order valence-corrected chi connectivity index (χ1v) is 14.5. The molecule has 246 valence electrons. The molecule has 1 aliphatic heterocycles. The topological polar surface area (TPSA) is 165 Å². The van der Waals surface area contributed by atoms with Gasteiger partial charge in [-0.1, -0.05) is 30.3 Å². The molecule has 1 aliphatic rings. The Bertz CT molecular complexity index is 1640. The van der Waals surface area contributed by atoms with Crippen molar-refractivity contribution in [3.05, 3.63) is 72.2 Å². The Labute approximate surface area is 278 Å². The summed E-state index contributed by atoms with van der Waals surface area (Å²) in [4.78, 5) is 36.7. The van der Waals surface area contributed by atoms with Crippen molar-refractivity contribution in [2.24, 2.45) is 0 Å². The van der Waals surface area contributed by atoms with Gasteiger partial charge in [-0.15, -0.1) is 6.42 Å². The van der Waals surface area contributed by atoms with Gasteiger partial charge in [0.25, 0.3) is 0 Å². The van der Waals surface area contributed by atoms with Gasteiger partial charge in [-0.3, -0.25) is 30.7 Å². The minimum absolute atomic E-state index is 0.0444. The minimum Gasteiger partial charge on any atom is -0.411 e. The van der Waals surface area contributed by atoms with E-state index in [0.29, 0.717) is 16.9 Å². The molecular weight excluding hydrogens is 620 g/mol. The Morgan fingerprint density at radius 3 is 2.54 bits per heavy atom. The van der Waals surface area contributed by atoms with Gasteiger partial charge in [0, 0.05) is 59.7 Å². The van der Waals surface area contributed by atoms with E-state index < -0.39 is 11.8 Å². The number of hydrogen-bond acceptors (Lipinski definition) is 12. The molecular formula is C34H32N6O8. The average molecular weight is 653 g/mol. The van der Waals surface area contributed by atoms with Crippen LogP contribution in [-0.4, -0.2) is 49.1 Å². The third-order valence-electron chi connectivity index (χ3n) is 6.29. The SMILES string of the molecule is C#CC#CC#CC#CO/C=C/OOOOCCOCc1cc(NC#N)ccc1NNC(=O)C(=O)NC1CCN(Cc2ccccc2)CC1. The molecule has 0 saturated carbocycles. The largest absolute Gasteiger partial charge is 0.411 e. The number of hydrogen-bond donors (Lipinski definition) is 4. The Morgan fingerprint density at radius 1 is 0.958 bits per heavy atom. The number of rotatable bonds is 16. The van der Waals surface area contributed by atoms with E-state index in [1.165, 1.54) is 5.56 Å². The van der Waals surface area contributed by atoms with Crippen LogP contribution < -0.4 is 21.5 Å². The van der Waals surface area contributed by atoms with Crippen LogP contribution in [-0.2, 0) is 52.1 Å². The van der Waals surface area contributed by atoms with E-state index in [-0.39, 0.29) is 25.9 Å². The van der Waals surface area contributed by atoms with Crippen molar-refractivity contribution in [3.8, 4) is 54.2 Å². The van der Waals surface area contributed by atoms with Gasteiger partial charge in [-0.25, -0.2) is 4.89 Å². The number of terminal acetylenes is 1. The maximum Gasteiger partial charge on any atom is 0.327 e. The number of nitrogens with one attached hydrogen (secondary N) is 4. The normalized spacial score (nSPS) is 12.3. The lowest BCUT2D eigenvalue weighted by Crippen LogP contribution is -2.49. The van der Waals surface area contributed by atoms with Crippen LogP contribution in [0.4, 0.5) is 11.4 Å². The van der Waals surface area contributed by atoms with Crippen LogP contribution in [0, 0.1) is 59.5 Å². The predicted octanol–water partition coefficient (Wildman–Crippen LogP) is 2.22. The molecule has 3 rings (SSSR count). The van der Waals surface area contributed by atoms with Crippen molar-refractivity contribution in [2.75, 3.05) is 37.0 Å². The van der Waals surface area contributed by atoms with Gasteiger partial charge in [0.2, 0.25) is 0 Å². The van der Waals surface area contributed by atoms with Gasteiger partial charge in [0.05, 0.1) is 18.9 Å². The average Bonchev–Trinajstić information content (AvgIpc) is 3.10. The molecule has 2 aromatic carbocycles. The molecule has 0 aromatic heterocycles. The lowest BCUT2D eigenvalue weighted by molar-refractivity contribution is -0.622. The molecule has 14 heteroatoms. The van der Waals surface area contributed by atoms with Gasteiger partial charge in [0.1, 0.15) is 19.0 Å². The Hall–Kier alpha value is -6.15. The van der Waals surface area contributed by atoms with Crippen LogP contribution >= 0.6 is 0 Å². The molecule has 0 bridgehead atoms. The van der Waals surface area contributed by atoms with Crippen LogP contribution in [0.5, 0.6) is 0 Å². The maximum atomic E-state index is 12.6. The minimum atomic E-state index is -0.841. The van der Waals surface area contributed by atoms with Crippen molar-refractivity contribution in [3.63, 3.8) is 0 Å². The summed E-state index contributed by atoms with van der Waals surface area (Å²) < 4.78 is 10.3. The number of hydrazine groups is 1. The van der Waals surface area contributed by atoms with E-state index in [2.05, 4.69) is 95.1 Å². The summed E-state index contributed by atoms with van der Waals surface area (Å²) in [5.41, 5.74) is 7.92. The molecule has 0 spiro atoms. The second kappa shape index (κ2) is 22.4. The van der Waals surface area contributed by atoms with E-state index >= 15 is 0 Å². The fourth-order valence-corrected chi connectivity index (χ4v) is 4.12.